The van der Waals surface area contributed by atoms with E-state index >= 15 is 0 Å². The molecule has 1 nitrogen and oxygen atoms in total. The predicted molar refractivity (Wildman–Crippen MR) is 40.3 cm³/mol. The topological polar surface area (TPSA) is 3.88 Å². The van der Waals surface area contributed by atoms with Crippen molar-refractivity contribution in [2.24, 2.45) is 0 Å². The highest BCUT2D eigenvalue weighted by Gasteiger charge is 1.94. The second-order valence-corrected chi connectivity index (χ2v) is 2.71. The summed E-state index contributed by atoms with van der Waals surface area (Å²) in [4.78, 5) is 0. The molecule has 0 amide bonds. The third-order valence-corrected chi connectivity index (χ3v) is 1.78. The first-order chi connectivity index (χ1) is 4.33. The maximum Gasteiger partial charge on any atom is 0.186 e. The highest BCUT2D eigenvalue weighted by molar-refractivity contribution is 7.92. The number of nitrogens with zero attached hydrogens (tertiary/aromatic N) is 1. The molecule has 0 atom stereocenters. The number of hydrogen-bond donors (Lipinski definition) is 0. The van der Waals surface area contributed by atoms with Crippen molar-refractivity contribution >= 4 is 11.9 Å². The number of rotatable bonds is 1. The molecule has 0 radical (unpaired) electrons. The molecule has 1 aromatic heterocycles. The van der Waals surface area contributed by atoms with E-state index in [0.29, 0.717) is 0 Å². The highest BCUT2D eigenvalue weighted by atomic mass is 32.2. The van der Waals surface area contributed by atoms with Crippen LogP contribution in [0.3, 0.4) is 0 Å². The summed E-state index contributed by atoms with van der Waals surface area (Å²) in [6.45, 7) is 2.09. The van der Waals surface area contributed by atoms with Gasteiger partial charge in [0, 0.05) is 17.9 Å². The Bertz CT molecular complexity index is 198. The summed E-state index contributed by atoms with van der Waals surface area (Å²) in [6, 6.07) is 4.14. The zero-order chi connectivity index (χ0) is 6.69. The molecule has 0 spiro atoms. The third-order valence-electron chi connectivity index (χ3n) is 1.13. The van der Waals surface area contributed by atoms with E-state index in [4.69, 9.17) is 0 Å². The molecule has 1 rings (SSSR count). The van der Waals surface area contributed by atoms with Crippen molar-refractivity contribution in [1.29, 1.82) is 0 Å². The normalized spacial score (nSPS) is 9.56. The van der Waals surface area contributed by atoms with Gasteiger partial charge >= 0.3 is 0 Å². The number of pyridine rings is 1. The summed E-state index contributed by atoms with van der Waals surface area (Å²) >= 11 is 1.70. The quantitative estimate of drug-likeness (QED) is 0.533. The van der Waals surface area contributed by atoms with Crippen molar-refractivity contribution in [2.75, 3.05) is 6.26 Å². The Hall–Kier alpha value is -0.500. The summed E-state index contributed by atoms with van der Waals surface area (Å²) < 4.78 is 2.08. The fourth-order valence-corrected chi connectivity index (χ4v) is 1.14. The van der Waals surface area contributed by atoms with Gasteiger partial charge in [0.1, 0.15) is 0 Å². The molecule has 48 valence electrons. The molecular formula is C7H10NS+. The highest BCUT2D eigenvalue weighted by Crippen LogP contribution is 1.92. The molecule has 2 heteroatoms. The molecule has 0 aliphatic carbocycles. The molecule has 1 heterocycles. The van der Waals surface area contributed by atoms with E-state index in [1.807, 2.05) is 12.3 Å². The number of aromatic nitrogens is 1. The maximum atomic E-state index is 2.10. The minimum Gasteiger partial charge on any atom is -0.134 e. The van der Waals surface area contributed by atoms with Crippen LogP contribution < -0.4 is 3.97 Å². The molecule has 0 saturated carbocycles. The van der Waals surface area contributed by atoms with Crippen molar-refractivity contribution < 1.29 is 3.97 Å². The van der Waals surface area contributed by atoms with Gasteiger partial charge in [-0.1, -0.05) is 0 Å². The van der Waals surface area contributed by atoms with Gasteiger partial charge in [-0.3, -0.25) is 0 Å². The molecule has 1 aromatic rings. The van der Waals surface area contributed by atoms with Crippen molar-refractivity contribution in [3.05, 3.63) is 30.1 Å². The van der Waals surface area contributed by atoms with E-state index in [-0.39, 0.29) is 0 Å². The summed E-state index contributed by atoms with van der Waals surface area (Å²) in [5.74, 6) is 0. The average Bonchev–Trinajstić information content (AvgIpc) is 1.88. The van der Waals surface area contributed by atoms with Crippen LogP contribution in [-0.4, -0.2) is 6.26 Å². The van der Waals surface area contributed by atoms with E-state index in [1.54, 1.807) is 11.9 Å². The van der Waals surface area contributed by atoms with Crippen molar-refractivity contribution in [3.8, 4) is 0 Å². The lowest BCUT2D eigenvalue weighted by molar-refractivity contribution is -0.494. The lowest BCUT2D eigenvalue weighted by Gasteiger charge is -1.87. The van der Waals surface area contributed by atoms with Crippen LogP contribution in [0.2, 0.25) is 0 Å². The van der Waals surface area contributed by atoms with Gasteiger partial charge in [-0.05, 0) is 13.0 Å². The molecule has 0 fully saturated rings. The predicted octanol–water partition coefficient (Wildman–Crippen LogP) is 1.41. The Labute approximate surface area is 59.8 Å². The first kappa shape index (κ1) is 6.62. The Morgan fingerprint density at radius 2 is 2.33 bits per heavy atom. The number of hydrogen-bond acceptors (Lipinski definition) is 1. The van der Waals surface area contributed by atoms with Gasteiger partial charge in [0.15, 0.2) is 24.3 Å². The maximum absolute atomic E-state index is 2.10. The van der Waals surface area contributed by atoms with Crippen molar-refractivity contribution in [2.45, 2.75) is 6.92 Å². The standard InChI is InChI=1S/C7H10NS/c1-7-4-3-5-8(6-7)9-2/h3-6H,1-2H3/q+1. The fourth-order valence-electron chi connectivity index (χ4n) is 0.680. The van der Waals surface area contributed by atoms with Crippen LogP contribution in [0.15, 0.2) is 24.5 Å². The molecular weight excluding hydrogens is 130 g/mol. The average molecular weight is 140 g/mol. The Balaban J connectivity index is 2.94. The smallest absolute Gasteiger partial charge is 0.134 e. The molecule has 0 saturated heterocycles. The van der Waals surface area contributed by atoms with E-state index in [9.17, 15) is 0 Å². The van der Waals surface area contributed by atoms with Crippen molar-refractivity contribution in [1.82, 2.24) is 0 Å². The first-order valence-corrected chi connectivity index (χ1v) is 4.03. The van der Waals surface area contributed by atoms with Gasteiger partial charge in [-0.25, -0.2) is 0 Å². The molecule has 9 heavy (non-hydrogen) atoms. The van der Waals surface area contributed by atoms with Crippen LogP contribution in [0.1, 0.15) is 5.56 Å². The zero-order valence-corrected chi connectivity index (χ0v) is 6.48. The van der Waals surface area contributed by atoms with E-state index in [1.165, 1.54) is 5.56 Å². The van der Waals surface area contributed by atoms with Crippen LogP contribution in [0.25, 0.3) is 0 Å². The van der Waals surface area contributed by atoms with Gasteiger partial charge in [-0.15, -0.1) is 3.97 Å². The molecule has 0 aliphatic heterocycles. The molecule has 0 aromatic carbocycles. The Kier molecular flexibility index (Phi) is 2.11. The second-order valence-electron chi connectivity index (χ2n) is 1.92. The van der Waals surface area contributed by atoms with Crippen LogP contribution >= 0.6 is 11.9 Å². The van der Waals surface area contributed by atoms with E-state index in [2.05, 4.69) is 29.4 Å². The summed E-state index contributed by atoms with van der Waals surface area (Å²) in [5.41, 5.74) is 1.30. The zero-order valence-electron chi connectivity index (χ0n) is 5.66. The lowest BCUT2D eigenvalue weighted by Crippen LogP contribution is -2.22. The fraction of sp³-hybridized carbons (Fsp3) is 0.286. The van der Waals surface area contributed by atoms with Crippen molar-refractivity contribution in [3.63, 3.8) is 0 Å². The molecule has 0 aliphatic rings. The third kappa shape index (κ3) is 1.72. The van der Waals surface area contributed by atoms with Crippen LogP contribution in [0, 0.1) is 6.92 Å². The molecule has 0 unspecified atom stereocenters. The number of aryl methyl sites for hydroxylation is 1. The van der Waals surface area contributed by atoms with Gasteiger partial charge in [0.25, 0.3) is 0 Å². The second kappa shape index (κ2) is 2.87. The van der Waals surface area contributed by atoms with Gasteiger partial charge in [0.05, 0.1) is 0 Å². The minimum absolute atomic E-state index is 1.30. The summed E-state index contributed by atoms with van der Waals surface area (Å²) in [5, 5.41) is 0. The SMILES string of the molecule is CS[n+]1cccc(C)c1. The van der Waals surface area contributed by atoms with Crippen LogP contribution in [-0.2, 0) is 0 Å². The lowest BCUT2D eigenvalue weighted by atomic mass is 10.3. The van der Waals surface area contributed by atoms with Gasteiger partial charge < -0.3 is 0 Å². The monoisotopic (exact) mass is 140 g/mol. The van der Waals surface area contributed by atoms with E-state index in [0.717, 1.165) is 0 Å². The van der Waals surface area contributed by atoms with Gasteiger partial charge in [-0.2, -0.15) is 0 Å². The molecule has 0 N–H and O–H groups in total. The Morgan fingerprint density at radius 3 is 2.78 bits per heavy atom. The summed E-state index contributed by atoms with van der Waals surface area (Å²) in [6.07, 6.45) is 6.20. The largest absolute Gasteiger partial charge is 0.186 e. The van der Waals surface area contributed by atoms with Crippen LogP contribution in [0.4, 0.5) is 0 Å². The Morgan fingerprint density at radius 1 is 1.56 bits per heavy atom. The molecule has 0 bridgehead atoms. The van der Waals surface area contributed by atoms with E-state index < -0.39 is 0 Å². The van der Waals surface area contributed by atoms with Crippen LogP contribution in [0.5, 0.6) is 0 Å². The summed E-state index contributed by atoms with van der Waals surface area (Å²) in [7, 11) is 0. The minimum atomic E-state index is 1.30. The van der Waals surface area contributed by atoms with Gasteiger partial charge in [0.2, 0.25) is 0 Å². The first-order valence-electron chi connectivity index (χ1n) is 2.85.